The van der Waals surface area contributed by atoms with Gasteiger partial charge >= 0.3 is 0 Å². The molecule has 0 bridgehead atoms. The van der Waals surface area contributed by atoms with E-state index < -0.39 is 17.9 Å². The monoisotopic (exact) mass is 340 g/mol. The molecule has 0 fully saturated rings. The molecule has 0 saturated carbocycles. The van der Waals surface area contributed by atoms with Crippen LogP contribution in [0.25, 0.3) is 0 Å². The van der Waals surface area contributed by atoms with Gasteiger partial charge in [0.2, 0.25) is 0 Å². The molecule has 1 aliphatic rings. The lowest BCUT2D eigenvalue weighted by atomic mass is 10.1. The summed E-state index contributed by atoms with van der Waals surface area (Å²) in [5.74, 6) is -0.871. The molecule has 21 heavy (non-hydrogen) atoms. The van der Waals surface area contributed by atoms with E-state index >= 15 is 0 Å². The summed E-state index contributed by atoms with van der Waals surface area (Å²) in [6, 6.07) is 14.9. The number of imide groups is 1. The van der Waals surface area contributed by atoms with Crippen LogP contribution >= 0.6 is 15.9 Å². The first kappa shape index (κ1) is 13.5. The Bertz CT molecular complexity index is 781. The van der Waals surface area contributed by atoms with Crippen molar-refractivity contribution in [2.75, 3.05) is 0 Å². The molecule has 0 N–H and O–H groups in total. The summed E-state index contributed by atoms with van der Waals surface area (Å²) in [4.78, 5) is 25.9. The van der Waals surface area contributed by atoms with Gasteiger partial charge < -0.3 is 0 Å². The summed E-state index contributed by atoms with van der Waals surface area (Å²) >= 11 is 3.28. The fourth-order valence-electron chi connectivity index (χ4n) is 2.38. The van der Waals surface area contributed by atoms with Crippen molar-refractivity contribution in [3.8, 4) is 6.07 Å². The normalized spacial score (nSPS) is 14.8. The van der Waals surface area contributed by atoms with Gasteiger partial charge in [0, 0.05) is 4.47 Å². The molecule has 3 rings (SSSR count). The number of halogens is 1. The average Bonchev–Trinajstić information content (AvgIpc) is 2.74. The number of nitrogens with zero attached hydrogens (tertiary/aromatic N) is 2. The van der Waals surface area contributed by atoms with Gasteiger partial charge in [0.05, 0.1) is 17.2 Å². The largest absolute Gasteiger partial charge is 0.269 e. The number of fused-ring (bicyclic) bond motifs is 1. The number of rotatable bonds is 2. The summed E-state index contributed by atoms with van der Waals surface area (Å²) in [5, 5.41) is 9.40. The highest BCUT2D eigenvalue weighted by molar-refractivity contribution is 9.10. The van der Waals surface area contributed by atoms with Crippen LogP contribution in [-0.4, -0.2) is 16.7 Å². The lowest BCUT2D eigenvalue weighted by molar-refractivity contribution is 0.0618. The summed E-state index contributed by atoms with van der Waals surface area (Å²) in [5.41, 5.74) is 1.28. The maximum atomic E-state index is 12.5. The van der Waals surface area contributed by atoms with Crippen LogP contribution in [0.2, 0.25) is 0 Å². The Morgan fingerprint density at radius 1 is 1.00 bits per heavy atom. The predicted molar refractivity (Wildman–Crippen MR) is 79.4 cm³/mol. The van der Waals surface area contributed by atoms with Gasteiger partial charge in [0.15, 0.2) is 6.04 Å². The smallest absolute Gasteiger partial charge is 0.263 e. The molecule has 0 aliphatic carbocycles. The maximum absolute atomic E-state index is 12.5. The minimum atomic E-state index is -0.919. The van der Waals surface area contributed by atoms with Crippen LogP contribution < -0.4 is 0 Å². The van der Waals surface area contributed by atoms with Gasteiger partial charge in [-0.15, -0.1) is 0 Å². The summed E-state index contributed by atoms with van der Waals surface area (Å²) < 4.78 is 0.720. The Kier molecular flexibility index (Phi) is 3.32. The number of hydrogen-bond acceptors (Lipinski definition) is 3. The van der Waals surface area contributed by atoms with Crippen LogP contribution in [-0.2, 0) is 0 Å². The van der Waals surface area contributed by atoms with E-state index in [1.54, 1.807) is 42.5 Å². The Morgan fingerprint density at radius 2 is 1.67 bits per heavy atom. The first-order chi connectivity index (χ1) is 10.1. The third kappa shape index (κ3) is 2.14. The van der Waals surface area contributed by atoms with Crippen LogP contribution in [0, 0.1) is 11.3 Å². The fraction of sp³-hybridized carbons (Fsp3) is 0.0625. The highest BCUT2D eigenvalue weighted by atomic mass is 79.9. The molecule has 102 valence electrons. The van der Waals surface area contributed by atoms with Crippen LogP contribution in [0.3, 0.4) is 0 Å². The lowest BCUT2D eigenvalue weighted by Crippen LogP contribution is -2.33. The van der Waals surface area contributed by atoms with Gasteiger partial charge in [-0.05, 0) is 23.8 Å². The first-order valence-corrected chi connectivity index (χ1v) is 7.05. The molecule has 0 spiro atoms. The molecule has 1 heterocycles. The molecule has 5 heteroatoms. The van der Waals surface area contributed by atoms with Crippen molar-refractivity contribution in [2.45, 2.75) is 6.04 Å². The van der Waals surface area contributed by atoms with Crippen molar-refractivity contribution in [2.24, 2.45) is 0 Å². The zero-order chi connectivity index (χ0) is 15.0. The molecule has 1 unspecified atom stereocenters. The standard InChI is InChI=1S/C16H9BrN2O2/c17-11-6-7-12-13(8-11)16(21)19(15(12)20)14(9-18)10-4-2-1-3-5-10/h1-8,14H. The van der Waals surface area contributed by atoms with Crippen LogP contribution in [0.4, 0.5) is 0 Å². The Labute approximate surface area is 129 Å². The third-order valence-corrected chi connectivity index (χ3v) is 3.87. The molecule has 1 atom stereocenters. The fourth-order valence-corrected chi connectivity index (χ4v) is 2.74. The molecule has 1 aliphatic heterocycles. The number of carbonyl (C=O) groups is 2. The molecular formula is C16H9BrN2O2. The van der Waals surface area contributed by atoms with E-state index in [-0.39, 0.29) is 0 Å². The Morgan fingerprint density at radius 3 is 2.33 bits per heavy atom. The maximum Gasteiger partial charge on any atom is 0.263 e. The topological polar surface area (TPSA) is 61.2 Å². The Balaban J connectivity index is 2.07. The second-order valence-corrected chi connectivity index (χ2v) is 5.53. The molecule has 0 aromatic heterocycles. The predicted octanol–water partition coefficient (Wildman–Crippen LogP) is 3.31. The SMILES string of the molecule is N#CC(c1ccccc1)N1C(=O)c2ccc(Br)cc2C1=O. The van der Waals surface area contributed by atoms with Crippen molar-refractivity contribution < 1.29 is 9.59 Å². The van der Waals surface area contributed by atoms with Gasteiger partial charge in [-0.25, -0.2) is 0 Å². The quantitative estimate of drug-likeness (QED) is 0.788. The molecule has 4 nitrogen and oxygen atoms in total. The summed E-state index contributed by atoms with van der Waals surface area (Å²) in [6.07, 6.45) is 0. The number of hydrogen-bond donors (Lipinski definition) is 0. The number of nitriles is 1. The van der Waals surface area contributed by atoms with Crippen molar-refractivity contribution in [1.29, 1.82) is 5.26 Å². The minimum absolute atomic E-state index is 0.325. The van der Waals surface area contributed by atoms with E-state index in [1.165, 1.54) is 0 Å². The van der Waals surface area contributed by atoms with Gasteiger partial charge in [-0.1, -0.05) is 46.3 Å². The lowest BCUT2D eigenvalue weighted by Gasteiger charge is -2.20. The molecule has 0 radical (unpaired) electrons. The van der Waals surface area contributed by atoms with Crippen molar-refractivity contribution >= 4 is 27.7 Å². The van der Waals surface area contributed by atoms with E-state index in [0.29, 0.717) is 16.7 Å². The zero-order valence-electron chi connectivity index (χ0n) is 10.8. The van der Waals surface area contributed by atoms with Gasteiger partial charge in [0.25, 0.3) is 11.8 Å². The first-order valence-electron chi connectivity index (χ1n) is 6.25. The van der Waals surface area contributed by atoms with Gasteiger partial charge in [-0.3, -0.25) is 14.5 Å². The number of carbonyl (C=O) groups excluding carboxylic acids is 2. The summed E-state index contributed by atoms with van der Waals surface area (Å²) in [6.45, 7) is 0. The minimum Gasteiger partial charge on any atom is -0.269 e. The number of benzene rings is 2. The van der Waals surface area contributed by atoms with Crippen LogP contribution in [0.15, 0.2) is 53.0 Å². The van der Waals surface area contributed by atoms with Crippen LogP contribution in [0.5, 0.6) is 0 Å². The molecular weight excluding hydrogens is 332 g/mol. The van der Waals surface area contributed by atoms with Gasteiger partial charge in [-0.2, -0.15) is 5.26 Å². The second-order valence-electron chi connectivity index (χ2n) is 4.61. The van der Waals surface area contributed by atoms with Crippen molar-refractivity contribution in [3.63, 3.8) is 0 Å². The zero-order valence-corrected chi connectivity index (χ0v) is 12.4. The van der Waals surface area contributed by atoms with E-state index in [9.17, 15) is 14.9 Å². The number of amides is 2. The van der Waals surface area contributed by atoms with Crippen LogP contribution in [0.1, 0.15) is 32.3 Å². The third-order valence-electron chi connectivity index (χ3n) is 3.38. The van der Waals surface area contributed by atoms with E-state index in [4.69, 9.17) is 0 Å². The summed E-state index contributed by atoms with van der Waals surface area (Å²) in [7, 11) is 0. The Hall–Kier alpha value is -2.45. The highest BCUT2D eigenvalue weighted by Gasteiger charge is 2.40. The van der Waals surface area contributed by atoms with Gasteiger partial charge in [0.1, 0.15) is 0 Å². The molecule has 2 amide bonds. The second kappa shape index (κ2) is 5.15. The van der Waals surface area contributed by atoms with E-state index in [2.05, 4.69) is 15.9 Å². The van der Waals surface area contributed by atoms with E-state index in [0.717, 1.165) is 9.37 Å². The molecule has 2 aromatic carbocycles. The average molecular weight is 341 g/mol. The van der Waals surface area contributed by atoms with Crippen molar-refractivity contribution in [1.82, 2.24) is 4.90 Å². The van der Waals surface area contributed by atoms with Crippen molar-refractivity contribution in [3.05, 3.63) is 69.7 Å². The van der Waals surface area contributed by atoms with E-state index in [1.807, 2.05) is 12.1 Å². The molecule has 0 saturated heterocycles. The molecule has 2 aromatic rings. The highest BCUT2D eigenvalue weighted by Crippen LogP contribution is 2.32.